The van der Waals surface area contributed by atoms with Crippen LogP contribution in [-0.2, 0) is 4.79 Å². The number of carbonyl (C=O) groups excluding carboxylic acids is 1. The molecule has 0 bridgehead atoms. The molecule has 0 aromatic rings. The summed E-state index contributed by atoms with van der Waals surface area (Å²) in [5.74, 6) is 0.184. The van der Waals surface area contributed by atoms with Crippen LogP contribution < -0.4 is 5.32 Å². The van der Waals surface area contributed by atoms with Crippen molar-refractivity contribution < 1.29 is 4.79 Å². The van der Waals surface area contributed by atoms with Crippen LogP contribution in [0.1, 0.15) is 40.0 Å². The minimum absolute atomic E-state index is 0.0446. The van der Waals surface area contributed by atoms with Gasteiger partial charge in [-0.25, -0.2) is 0 Å². The maximum absolute atomic E-state index is 11.6. The van der Waals surface area contributed by atoms with Crippen LogP contribution in [0.2, 0.25) is 0 Å². The van der Waals surface area contributed by atoms with Crippen molar-refractivity contribution in [2.24, 2.45) is 0 Å². The van der Waals surface area contributed by atoms with E-state index in [2.05, 4.69) is 12.2 Å². The van der Waals surface area contributed by atoms with Crippen LogP contribution in [0.4, 0.5) is 0 Å². The van der Waals surface area contributed by atoms with Crippen molar-refractivity contribution in [1.82, 2.24) is 10.2 Å². The maximum Gasteiger partial charge on any atom is 0.239 e. The highest BCUT2D eigenvalue weighted by Crippen LogP contribution is 1.95. The summed E-state index contributed by atoms with van der Waals surface area (Å²) in [6.07, 6.45) is 3.61. The molecule has 0 aliphatic rings. The Hall–Kier alpha value is -0.570. The van der Waals surface area contributed by atoms with E-state index < -0.39 is 0 Å². The van der Waals surface area contributed by atoms with Gasteiger partial charge < -0.3 is 10.2 Å². The number of amides is 1. The van der Waals surface area contributed by atoms with Gasteiger partial charge >= 0.3 is 0 Å². The van der Waals surface area contributed by atoms with Crippen molar-refractivity contribution in [2.45, 2.75) is 46.1 Å². The summed E-state index contributed by atoms with van der Waals surface area (Å²) < 4.78 is 0. The van der Waals surface area contributed by atoms with Crippen LogP contribution in [0.3, 0.4) is 0 Å². The van der Waals surface area contributed by atoms with Gasteiger partial charge in [0.25, 0.3) is 0 Å². The van der Waals surface area contributed by atoms with Crippen molar-refractivity contribution >= 4 is 5.91 Å². The van der Waals surface area contributed by atoms with Gasteiger partial charge in [0, 0.05) is 13.6 Å². The SMILES string of the molecule is CCCCCNC(C)C(=O)N(C)CC. The standard InChI is InChI=1S/C11H24N2O/c1-5-7-8-9-12-10(3)11(14)13(4)6-2/h10,12H,5-9H2,1-4H3. The summed E-state index contributed by atoms with van der Waals surface area (Å²) in [4.78, 5) is 13.3. The van der Waals surface area contributed by atoms with Crippen LogP contribution in [-0.4, -0.2) is 37.0 Å². The summed E-state index contributed by atoms with van der Waals surface area (Å²) in [5.41, 5.74) is 0. The topological polar surface area (TPSA) is 32.3 Å². The van der Waals surface area contributed by atoms with E-state index in [0.717, 1.165) is 19.5 Å². The van der Waals surface area contributed by atoms with E-state index in [9.17, 15) is 4.79 Å². The summed E-state index contributed by atoms with van der Waals surface area (Å²) in [7, 11) is 1.84. The molecular weight excluding hydrogens is 176 g/mol. The number of nitrogens with zero attached hydrogens (tertiary/aromatic N) is 1. The van der Waals surface area contributed by atoms with Gasteiger partial charge in [0.15, 0.2) is 0 Å². The monoisotopic (exact) mass is 200 g/mol. The molecule has 0 fully saturated rings. The van der Waals surface area contributed by atoms with Crippen molar-refractivity contribution in [3.63, 3.8) is 0 Å². The zero-order valence-corrected chi connectivity index (χ0v) is 9.97. The lowest BCUT2D eigenvalue weighted by Crippen LogP contribution is -2.43. The summed E-state index contributed by atoms with van der Waals surface area (Å²) in [6.45, 7) is 7.82. The molecule has 3 nitrogen and oxygen atoms in total. The Morgan fingerprint density at radius 2 is 2.00 bits per heavy atom. The Kier molecular flexibility index (Phi) is 7.48. The van der Waals surface area contributed by atoms with Gasteiger partial charge in [0.1, 0.15) is 0 Å². The fourth-order valence-corrected chi connectivity index (χ4v) is 1.27. The average Bonchev–Trinajstić information content (AvgIpc) is 2.21. The lowest BCUT2D eigenvalue weighted by atomic mass is 10.2. The van der Waals surface area contributed by atoms with Crippen LogP contribution in [0.5, 0.6) is 0 Å². The predicted molar refractivity (Wildman–Crippen MR) is 60.3 cm³/mol. The van der Waals surface area contributed by atoms with Gasteiger partial charge in [-0.2, -0.15) is 0 Å². The number of likely N-dealkylation sites (N-methyl/N-ethyl adjacent to an activating group) is 1. The number of unbranched alkanes of at least 4 members (excludes halogenated alkanes) is 2. The predicted octanol–water partition coefficient (Wildman–Crippen LogP) is 1.63. The molecule has 1 amide bonds. The second-order valence-electron chi connectivity index (χ2n) is 3.74. The molecule has 0 radical (unpaired) electrons. The Morgan fingerprint density at radius 1 is 1.36 bits per heavy atom. The number of rotatable bonds is 7. The van der Waals surface area contributed by atoms with Crippen LogP contribution in [0, 0.1) is 0 Å². The first-order valence-electron chi connectivity index (χ1n) is 5.61. The molecule has 0 aliphatic carbocycles. The van der Waals surface area contributed by atoms with Crippen molar-refractivity contribution in [1.29, 1.82) is 0 Å². The molecule has 84 valence electrons. The fourth-order valence-electron chi connectivity index (χ4n) is 1.27. The first-order chi connectivity index (χ1) is 6.63. The molecule has 0 saturated carbocycles. The van der Waals surface area contributed by atoms with Gasteiger partial charge in [-0.05, 0) is 26.8 Å². The van der Waals surface area contributed by atoms with Crippen LogP contribution in [0.25, 0.3) is 0 Å². The van der Waals surface area contributed by atoms with Gasteiger partial charge in [-0.15, -0.1) is 0 Å². The quantitative estimate of drug-likeness (QED) is 0.634. The molecule has 0 aliphatic heterocycles. The molecule has 0 heterocycles. The molecular formula is C11H24N2O. The Labute approximate surface area is 87.9 Å². The second kappa shape index (κ2) is 7.80. The van der Waals surface area contributed by atoms with E-state index in [-0.39, 0.29) is 11.9 Å². The normalized spacial score (nSPS) is 12.6. The lowest BCUT2D eigenvalue weighted by molar-refractivity contribution is -0.131. The highest BCUT2D eigenvalue weighted by atomic mass is 16.2. The smallest absolute Gasteiger partial charge is 0.239 e. The van der Waals surface area contributed by atoms with Crippen molar-refractivity contribution in [2.75, 3.05) is 20.1 Å². The first-order valence-corrected chi connectivity index (χ1v) is 5.61. The molecule has 1 N–H and O–H groups in total. The molecule has 0 aromatic heterocycles. The first kappa shape index (κ1) is 13.4. The van der Waals surface area contributed by atoms with Gasteiger partial charge in [0.05, 0.1) is 6.04 Å². The molecule has 14 heavy (non-hydrogen) atoms. The van der Waals surface area contributed by atoms with E-state index in [1.165, 1.54) is 12.8 Å². The fraction of sp³-hybridized carbons (Fsp3) is 0.909. The average molecular weight is 200 g/mol. The molecule has 0 saturated heterocycles. The Morgan fingerprint density at radius 3 is 2.50 bits per heavy atom. The third-order valence-electron chi connectivity index (χ3n) is 2.45. The second-order valence-corrected chi connectivity index (χ2v) is 3.74. The van der Waals surface area contributed by atoms with E-state index >= 15 is 0 Å². The van der Waals surface area contributed by atoms with E-state index in [1.54, 1.807) is 4.90 Å². The van der Waals surface area contributed by atoms with Crippen molar-refractivity contribution in [3.8, 4) is 0 Å². The highest BCUT2D eigenvalue weighted by molar-refractivity contribution is 5.81. The Balaban J connectivity index is 3.62. The van der Waals surface area contributed by atoms with Gasteiger partial charge in [-0.3, -0.25) is 4.79 Å². The summed E-state index contributed by atoms with van der Waals surface area (Å²) in [5, 5.41) is 3.24. The summed E-state index contributed by atoms with van der Waals surface area (Å²) >= 11 is 0. The largest absolute Gasteiger partial charge is 0.345 e. The number of carbonyl (C=O) groups is 1. The van der Waals surface area contributed by atoms with Crippen LogP contribution in [0.15, 0.2) is 0 Å². The zero-order valence-electron chi connectivity index (χ0n) is 9.97. The van der Waals surface area contributed by atoms with E-state index in [1.807, 2.05) is 20.9 Å². The molecule has 1 unspecified atom stereocenters. The molecule has 0 aromatic carbocycles. The van der Waals surface area contributed by atoms with Gasteiger partial charge in [-0.1, -0.05) is 19.8 Å². The van der Waals surface area contributed by atoms with Crippen LogP contribution >= 0.6 is 0 Å². The highest BCUT2D eigenvalue weighted by Gasteiger charge is 2.14. The molecule has 1 atom stereocenters. The minimum atomic E-state index is -0.0446. The minimum Gasteiger partial charge on any atom is -0.345 e. The number of nitrogens with one attached hydrogen (secondary N) is 1. The summed E-state index contributed by atoms with van der Waals surface area (Å²) in [6, 6.07) is -0.0446. The number of hydrogen-bond acceptors (Lipinski definition) is 2. The molecule has 3 heteroatoms. The molecule has 0 rings (SSSR count). The third kappa shape index (κ3) is 5.22. The maximum atomic E-state index is 11.6. The van der Waals surface area contributed by atoms with E-state index in [4.69, 9.17) is 0 Å². The van der Waals surface area contributed by atoms with E-state index in [0.29, 0.717) is 0 Å². The zero-order chi connectivity index (χ0) is 11.0. The number of hydrogen-bond donors (Lipinski definition) is 1. The Bertz CT molecular complexity index is 159. The third-order valence-corrected chi connectivity index (χ3v) is 2.45. The molecule has 0 spiro atoms. The lowest BCUT2D eigenvalue weighted by Gasteiger charge is -2.20. The van der Waals surface area contributed by atoms with Crippen molar-refractivity contribution in [3.05, 3.63) is 0 Å². The van der Waals surface area contributed by atoms with Gasteiger partial charge in [0.2, 0.25) is 5.91 Å².